The zero-order valence-electron chi connectivity index (χ0n) is 24.8. The fourth-order valence-corrected chi connectivity index (χ4v) is 2.70. The van der Waals surface area contributed by atoms with Gasteiger partial charge in [-0.3, -0.25) is 0 Å². The molecule has 0 amide bonds. The molecule has 0 fully saturated rings. The molecule has 3 aromatic carbocycles. The van der Waals surface area contributed by atoms with Crippen LogP contribution in [0.25, 0.3) is 11.1 Å². The zero-order valence-corrected chi connectivity index (χ0v) is 15.8. The summed E-state index contributed by atoms with van der Waals surface area (Å²) < 4.78 is 73.8. The van der Waals surface area contributed by atoms with Crippen molar-refractivity contribution in [3.8, 4) is 11.1 Å². The molecule has 0 radical (unpaired) electrons. The van der Waals surface area contributed by atoms with Crippen LogP contribution in [0.5, 0.6) is 0 Å². The van der Waals surface area contributed by atoms with Crippen LogP contribution < -0.4 is 5.32 Å². The van der Waals surface area contributed by atoms with Crippen LogP contribution in [0.3, 0.4) is 0 Å². The first-order valence-corrected chi connectivity index (χ1v) is 8.96. The van der Waals surface area contributed by atoms with Gasteiger partial charge in [0.2, 0.25) is 0 Å². The molecule has 150 valence electrons. The smallest absolute Gasteiger partial charge is 0.335 e. The number of aromatic carboxylic acids is 1. The minimum Gasteiger partial charge on any atom is -0.478 e. The number of aliphatic hydroxyl groups is 1. The molecule has 3 rings (SSSR count). The van der Waals surface area contributed by atoms with Gasteiger partial charge in [0, 0.05) is 12.0 Å². The molecule has 0 bridgehead atoms. The number of carbonyl (C=O) groups is 1. The van der Waals surface area contributed by atoms with E-state index in [2.05, 4.69) is 5.32 Å². The average Bonchev–Trinajstić information content (AvgIpc) is 2.81. The topological polar surface area (TPSA) is 69.6 Å². The van der Waals surface area contributed by atoms with Gasteiger partial charge in [0.05, 0.1) is 18.5 Å². The number of benzene rings is 3. The normalized spacial score (nSPS) is 18.5. The number of rotatable bonds is 9. The molecule has 4 nitrogen and oxygen atoms in total. The fourth-order valence-electron chi connectivity index (χ4n) is 2.70. The van der Waals surface area contributed by atoms with Crippen molar-refractivity contribution in [2.24, 2.45) is 0 Å². The standard InChI is InChI=1S/C25H27NO3/c1-18-6-2-11-22(14-18)24(27)17-26-13-5-8-19-7-3-9-20(15-19)21-10-4-12-23(16-21)25(28)29/h2-4,6-7,9-12,14-16,24,26-27H,5,8,13,17H2,1H3,(H,28,29)/t24-/m0/s1/i4D,5D2,10D,12D,13D2,16D,24D. The van der Waals surface area contributed by atoms with E-state index in [1.54, 1.807) is 25.1 Å². The lowest BCUT2D eigenvalue weighted by molar-refractivity contribution is 0.0697. The van der Waals surface area contributed by atoms with Crippen LogP contribution >= 0.6 is 0 Å². The molecule has 29 heavy (non-hydrogen) atoms. The van der Waals surface area contributed by atoms with Gasteiger partial charge in [-0.2, -0.15) is 0 Å². The van der Waals surface area contributed by atoms with Gasteiger partial charge in [-0.15, -0.1) is 0 Å². The number of nitrogens with one attached hydrogen (secondary N) is 1. The molecule has 1 atom stereocenters. The van der Waals surface area contributed by atoms with Crippen molar-refractivity contribution in [2.75, 3.05) is 13.0 Å². The molecule has 0 aromatic heterocycles. The number of carboxylic acid groups (broad SMARTS) is 1. The summed E-state index contributed by atoms with van der Waals surface area (Å²) in [5.41, 5.74) is 0.499. The van der Waals surface area contributed by atoms with E-state index < -0.39 is 67.6 Å². The summed E-state index contributed by atoms with van der Waals surface area (Å²) in [5, 5.41) is 22.3. The van der Waals surface area contributed by atoms with E-state index in [1.165, 1.54) is 30.3 Å². The third kappa shape index (κ3) is 6.01. The van der Waals surface area contributed by atoms with Crippen molar-refractivity contribution in [1.29, 1.82) is 0 Å². The Bertz CT molecular complexity index is 1380. The highest BCUT2D eigenvalue weighted by Crippen LogP contribution is 2.22. The van der Waals surface area contributed by atoms with Gasteiger partial charge >= 0.3 is 5.97 Å². The molecule has 3 N–H and O–H groups in total. The van der Waals surface area contributed by atoms with Crippen LogP contribution in [0.4, 0.5) is 0 Å². The molecule has 0 saturated carbocycles. The van der Waals surface area contributed by atoms with Crippen LogP contribution in [0.15, 0.2) is 72.7 Å². The van der Waals surface area contributed by atoms with Crippen LogP contribution in [0, 0.1) is 6.92 Å². The quantitative estimate of drug-likeness (QED) is 0.492. The van der Waals surface area contributed by atoms with Crippen LogP contribution in [-0.4, -0.2) is 29.2 Å². The molecular weight excluding hydrogens is 362 g/mol. The Kier molecular flexibility index (Phi) is 4.11. The van der Waals surface area contributed by atoms with Gasteiger partial charge in [-0.1, -0.05) is 66.2 Å². The first-order chi connectivity index (χ1) is 17.5. The molecule has 0 aliphatic rings. The third-order valence-corrected chi connectivity index (χ3v) is 4.13. The SMILES string of the molecule is [2H]c1c([2H])c(C(=O)O)c([2H])c(-c2cccc(CC([2H])([2H])C([2H])([2H])NC[C@]([2H])(O)c3cccc(C)c3)c2)c1[2H]. The summed E-state index contributed by atoms with van der Waals surface area (Å²) in [6.45, 7) is -1.52. The molecule has 0 saturated heterocycles. The van der Waals surface area contributed by atoms with Crippen molar-refractivity contribution >= 4 is 5.97 Å². The first-order valence-electron chi connectivity index (χ1n) is 13.5. The number of carboxylic acids is 1. The summed E-state index contributed by atoms with van der Waals surface area (Å²) >= 11 is 0. The monoisotopic (exact) mass is 398 g/mol. The summed E-state index contributed by atoms with van der Waals surface area (Å²) in [4.78, 5) is 11.6. The molecule has 0 aliphatic carbocycles. The van der Waals surface area contributed by atoms with Gasteiger partial charge in [0.1, 0.15) is 0 Å². The van der Waals surface area contributed by atoms with Crippen molar-refractivity contribution in [3.63, 3.8) is 0 Å². The lowest BCUT2D eigenvalue weighted by Gasteiger charge is -2.13. The highest BCUT2D eigenvalue weighted by molar-refractivity contribution is 5.89. The molecule has 0 spiro atoms. The fraction of sp³-hybridized carbons (Fsp3) is 0.240. The third-order valence-electron chi connectivity index (χ3n) is 4.13. The molecule has 0 unspecified atom stereocenters. The average molecular weight is 399 g/mol. The van der Waals surface area contributed by atoms with Crippen molar-refractivity contribution < 1.29 is 27.3 Å². The minimum absolute atomic E-state index is 0.151. The van der Waals surface area contributed by atoms with Gasteiger partial charge in [-0.05, 0) is 60.6 Å². The maximum Gasteiger partial charge on any atom is 0.335 e. The van der Waals surface area contributed by atoms with Gasteiger partial charge in [0.15, 0.2) is 0 Å². The Labute approximate surface area is 184 Å². The van der Waals surface area contributed by atoms with E-state index in [-0.39, 0.29) is 22.3 Å². The Hall–Kier alpha value is -2.95. The largest absolute Gasteiger partial charge is 0.478 e. The van der Waals surface area contributed by atoms with Crippen molar-refractivity contribution in [2.45, 2.75) is 25.8 Å². The second-order valence-corrected chi connectivity index (χ2v) is 6.40. The molecular formula is C25H27NO3. The van der Waals surface area contributed by atoms with Crippen molar-refractivity contribution in [3.05, 3.63) is 95.0 Å². The lowest BCUT2D eigenvalue weighted by Crippen LogP contribution is -2.22. The highest BCUT2D eigenvalue weighted by Gasteiger charge is 2.07. The summed E-state index contributed by atoms with van der Waals surface area (Å²) in [5.74, 6) is -1.58. The predicted molar refractivity (Wildman–Crippen MR) is 116 cm³/mol. The summed E-state index contributed by atoms with van der Waals surface area (Å²) in [6, 6.07) is 9.78. The Morgan fingerprint density at radius 2 is 2.03 bits per heavy atom. The van der Waals surface area contributed by atoms with E-state index in [9.17, 15) is 15.0 Å². The molecule has 0 aliphatic heterocycles. The zero-order chi connectivity index (χ0) is 28.6. The van der Waals surface area contributed by atoms with E-state index in [0.717, 1.165) is 5.56 Å². The first kappa shape index (κ1) is 11.9. The molecule has 3 aromatic rings. The second kappa shape index (κ2) is 10.0. The number of aryl methyl sites for hydroxylation is 2. The van der Waals surface area contributed by atoms with E-state index in [1.807, 2.05) is 0 Å². The molecule has 4 heteroatoms. The minimum atomic E-state index is -2.69. The van der Waals surface area contributed by atoms with E-state index in [4.69, 9.17) is 12.3 Å². The van der Waals surface area contributed by atoms with Gasteiger partial charge < -0.3 is 15.5 Å². The second-order valence-electron chi connectivity index (χ2n) is 6.40. The summed E-state index contributed by atoms with van der Waals surface area (Å²) in [6.07, 6.45) is -5.26. The summed E-state index contributed by atoms with van der Waals surface area (Å²) in [7, 11) is 0. The van der Waals surface area contributed by atoms with Gasteiger partial charge in [-0.25, -0.2) is 4.79 Å². The maximum atomic E-state index is 11.6. The van der Waals surface area contributed by atoms with Gasteiger partial charge in [0.25, 0.3) is 0 Å². The Morgan fingerprint density at radius 1 is 1.21 bits per heavy atom. The molecule has 0 heterocycles. The van der Waals surface area contributed by atoms with E-state index in [0.29, 0.717) is 0 Å². The lowest BCUT2D eigenvalue weighted by atomic mass is 9.99. The highest BCUT2D eigenvalue weighted by atomic mass is 16.4. The van der Waals surface area contributed by atoms with Crippen LogP contribution in [-0.2, 0) is 6.42 Å². The number of hydrogen-bond acceptors (Lipinski definition) is 3. The Balaban J connectivity index is 1.89. The number of hydrogen-bond donors (Lipinski definition) is 3. The van der Waals surface area contributed by atoms with Crippen LogP contribution in [0.1, 0.15) is 51.8 Å². The van der Waals surface area contributed by atoms with E-state index >= 15 is 0 Å². The van der Waals surface area contributed by atoms with Crippen LogP contribution in [0.2, 0.25) is 0 Å². The maximum absolute atomic E-state index is 11.6. The predicted octanol–water partition coefficient (Wildman–Crippen LogP) is 4.62. The Morgan fingerprint density at radius 3 is 2.83 bits per heavy atom. The van der Waals surface area contributed by atoms with Crippen molar-refractivity contribution in [1.82, 2.24) is 5.32 Å².